The van der Waals surface area contributed by atoms with E-state index in [0.29, 0.717) is 60.3 Å². The molecule has 43 heavy (non-hydrogen) atoms. The largest absolute Gasteiger partial charge is 0.457 e. The summed E-state index contributed by atoms with van der Waals surface area (Å²) in [4.78, 5) is 37.6. The van der Waals surface area contributed by atoms with E-state index in [4.69, 9.17) is 10.5 Å². The fraction of sp³-hybridized carbons (Fsp3) is 0.344. The number of para-hydroxylation sites is 1. The molecule has 1 amide bonds. The normalized spacial score (nSPS) is 16.3. The molecule has 2 aromatic carbocycles. The van der Waals surface area contributed by atoms with Gasteiger partial charge in [0.2, 0.25) is 0 Å². The van der Waals surface area contributed by atoms with Crippen molar-refractivity contribution < 1.29 is 9.53 Å². The minimum absolute atomic E-state index is 0.130. The van der Waals surface area contributed by atoms with Gasteiger partial charge in [-0.3, -0.25) is 13.9 Å². The minimum Gasteiger partial charge on any atom is -0.457 e. The Bertz CT molecular complexity index is 1770. The first-order valence-electron chi connectivity index (χ1n) is 14.5. The number of aromatic nitrogens is 4. The van der Waals surface area contributed by atoms with Crippen LogP contribution in [0.1, 0.15) is 45.6 Å². The molecule has 11 nitrogen and oxygen atoms in total. The lowest BCUT2D eigenvalue weighted by Crippen LogP contribution is -2.43. The zero-order valence-corrected chi connectivity index (χ0v) is 24.2. The third kappa shape index (κ3) is 5.87. The van der Waals surface area contributed by atoms with E-state index >= 15 is 0 Å². The van der Waals surface area contributed by atoms with Gasteiger partial charge in [-0.2, -0.15) is 5.26 Å². The molecule has 2 fully saturated rings. The van der Waals surface area contributed by atoms with E-state index in [1.807, 2.05) is 44.2 Å². The van der Waals surface area contributed by atoms with Crippen molar-refractivity contribution in [2.75, 3.05) is 18.8 Å². The molecule has 11 heteroatoms. The number of hydrogen-bond acceptors (Lipinski definition) is 8. The van der Waals surface area contributed by atoms with Gasteiger partial charge >= 0.3 is 5.69 Å². The third-order valence-electron chi connectivity index (χ3n) is 7.88. The highest BCUT2D eigenvalue weighted by Gasteiger charge is 2.32. The highest BCUT2D eigenvalue weighted by Crippen LogP contribution is 2.30. The number of nitrogen functional groups attached to an aromatic ring is 1. The lowest BCUT2D eigenvalue weighted by atomic mass is 9.99. The lowest BCUT2D eigenvalue weighted by Gasteiger charge is -2.32. The summed E-state index contributed by atoms with van der Waals surface area (Å²) in [5.41, 5.74) is 7.16. The third-order valence-corrected chi connectivity index (χ3v) is 7.88. The SMILES string of the molecule is CC(C)(/C=C(/C#N)C(=O)N1CCC(n2c(=O)n(-c3ccc(Oc4ccccc4)cc3)c3c(N)ncnc32)CC1)NC1CC1. The van der Waals surface area contributed by atoms with E-state index < -0.39 is 5.54 Å². The second-order valence-electron chi connectivity index (χ2n) is 11.7. The molecule has 0 bridgehead atoms. The molecule has 0 radical (unpaired) electrons. The molecule has 2 aliphatic rings. The molecular formula is C32H34N8O3. The maximum atomic E-state index is 14.0. The van der Waals surface area contributed by atoms with Gasteiger partial charge < -0.3 is 20.7 Å². The predicted octanol–water partition coefficient (Wildman–Crippen LogP) is 4.10. The van der Waals surface area contributed by atoms with Gasteiger partial charge in [-0.15, -0.1) is 0 Å². The number of anilines is 1. The fourth-order valence-corrected chi connectivity index (χ4v) is 5.72. The zero-order valence-electron chi connectivity index (χ0n) is 24.2. The van der Waals surface area contributed by atoms with Gasteiger partial charge in [0.05, 0.1) is 5.69 Å². The van der Waals surface area contributed by atoms with Crippen LogP contribution in [0.15, 0.2) is 77.4 Å². The van der Waals surface area contributed by atoms with E-state index in [9.17, 15) is 14.9 Å². The number of amides is 1. The summed E-state index contributed by atoms with van der Waals surface area (Å²) in [7, 11) is 0. The van der Waals surface area contributed by atoms with Crippen LogP contribution < -0.4 is 21.5 Å². The van der Waals surface area contributed by atoms with Crippen LogP contribution in [0.4, 0.5) is 5.82 Å². The summed E-state index contributed by atoms with van der Waals surface area (Å²) < 4.78 is 9.10. The van der Waals surface area contributed by atoms with E-state index in [1.54, 1.807) is 39.8 Å². The monoisotopic (exact) mass is 578 g/mol. The summed E-state index contributed by atoms with van der Waals surface area (Å²) in [5.74, 6) is 1.25. The van der Waals surface area contributed by atoms with Crippen LogP contribution in [-0.2, 0) is 4.79 Å². The Balaban J connectivity index is 1.24. The first-order valence-corrected chi connectivity index (χ1v) is 14.5. The summed E-state index contributed by atoms with van der Waals surface area (Å²) >= 11 is 0. The minimum atomic E-state index is -0.457. The van der Waals surface area contributed by atoms with E-state index in [-0.39, 0.29) is 29.0 Å². The number of nitriles is 1. The quantitative estimate of drug-likeness (QED) is 0.235. The van der Waals surface area contributed by atoms with Crippen LogP contribution in [0, 0.1) is 11.3 Å². The molecule has 0 unspecified atom stereocenters. The van der Waals surface area contributed by atoms with Crippen molar-refractivity contribution in [3.05, 3.63) is 83.1 Å². The van der Waals surface area contributed by atoms with Crippen molar-refractivity contribution in [1.82, 2.24) is 29.3 Å². The summed E-state index contributed by atoms with van der Waals surface area (Å²) in [5, 5.41) is 13.2. The van der Waals surface area contributed by atoms with Crippen molar-refractivity contribution >= 4 is 22.9 Å². The topological polar surface area (TPSA) is 144 Å². The van der Waals surface area contributed by atoms with Crippen LogP contribution in [0.5, 0.6) is 11.5 Å². The van der Waals surface area contributed by atoms with Crippen molar-refractivity contribution in [2.45, 2.75) is 57.2 Å². The molecule has 6 rings (SSSR count). The number of imidazole rings is 1. The number of likely N-dealkylation sites (tertiary alicyclic amines) is 1. The fourth-order valence-electron chi connectivity index (χ4n) is 5.72. The number of ether oxygens (including phenoxy) is 1. The van der Waals surface area contributed by atoms with Gasteiger partial charge in [-0.05, 0) is 82.0 Å². The number of benzene rings is 2. The Morgan fingerprint density at radius 2 is 1.72 bits per heavy atom. The molecule has 4 aromatic rings. The highest BCUT2D eigenvalue weighted by atomic mass is 16.5. The smallest absolute Gasteiger partial charge is 0.335 e. The molecule has 220 valence electrons. The molecular weight excluding hydrogens is 544 g/mol. The molecule has 3 N–H and O–H groups in total. The molecule has 1 saturated carbocycles. The van der Waals surface area contributed by atoms with Crippen LogP contribution in [-0.4, -0.2) is 54.6 Å². The van der Waals surface area contributed by atoms with Gasteiger partial charge in [-0.25, -0.2) is 14.8 Å². The van der Waals surface area contributed by atoms with Crippen molar-refractivity contribution in [3.8, 4) is 23.3 Å². The van der Waals surface area contributed by atoms with Gasteiger partial charge in [0.1, 0.15) is 35.0 Å². The van der Waals surface area contributed by atoms with Crippen molar-refractivity contribution in [2.24, 2.45) is 0 Å². The van der Waals surface area contributed by atoms with E-state index in [0.717, 1.165) is 12.8 Å². The predicted molar refractivity (Wildman–Crippen MR) is 163 cm³/mol. The zero-order chi connectivity index (χ0) is 30.1. The summed E-state index contributed by atoms with van der Waals surface area (Å²) in [6.45, 7) is 4.76. The number of nitrogens with two attached hydrogens (primary N) is 1. The van der Waals surface area contributed by atoms with Gasteiger partial charge in [0, 0.05) is 30.7 Å². The first kappa shape index (κ1) is 28.2. The molecule has 1 aliphatic heterocycles. The molecule has 1 saturated heterocycles. The lowest BCUT2D eigenvalue weighted by molar-refractivity contribution is -0.128. The molecule has 1 aliphatic carbocycles. The Kier molecular flexibility index (Phi) is 7.46. The maximum Gasteiger partial charge on any atom is 0.335 e. The maximum absolute atomic E-state index is 14.0. The number of fused-ring (bicyclic) bond motifs is 1. The standard InChI is InChI=1S/C32H34N8O3/c1-32(2,37-22-8-9-22)18-21(19-33)30(41)38-16-14-24(15-17-38)40-29-27(28(34)35-20-36-29)39(31(40)42)23-10-12-26(13-11-23)43-25-6-4-3-5-7-25/h3-7,10-13,18,20,22,24,37H,8-9,14-17H2,1-2H3,(H2,34,35,36)/b21-18-. The van der Waals surface area contributed by atoms with Crippen LogP contribution in [0.3, 0.4) is 0 Å². The summed E-state index contributed by atoms with van der Waals surface area (Å²) in [6, 6.07) is 19.0. The highest BCUT2D eigenvalue weighted by molar-refractivity contribution is 5.97. The van der Waals surface area contributed by atoms with Crippen molar-refractivity contribution in [1.29, 1.82) is 5.26 Å². The molecule has 0 spiro atoms. The van der Waals surface area contributed by atoms with Gasteiger partial charge in [0.15, 0.2) is 11.5 Å². The second-order valence-corrected chi connectivity index (χ2v) is 11.7. The number of carbonyl (C=O) groups is 1. The van der Waals surface area contributed by atoms with E-state index in [2.05, 4.69) is 21.4 Å². The van der Waals surface area contributed by atoms with Crippen LogP contribution >= 0.6 is 0 Å². The Morgan fingerprint density at radius 3 is 2.37 bits per heavy atom. The number of carbonyl (C=O) groups excluding carboxylic acids is 1. The second kappa shape index (κ2) is 11.4. The van der Waals surface area contributed by atoms with E-state index in [1.165, 1.54) is 10.9 Å². The molecule has 0 atom stereocenters. The Morgan fingerprint density at radius 1 is 1.05 bits per heavy atom. The Hall–Kier alpha value is -4.95. The number of nitrogens with zero attached hydrogens (tertiary/aromatic N) is 6. The van der Waals surface area contributed by atoms with Crippen molar-refractivity contribution in [3.63, 3.8) is 0 Å². The van der Waals surface area contributed by atoms with Crippen LogP contribution in [0.2, 0.25) is 0 Å². The van der Waals surface area contributed by atoms with Gasteiger partial charge in [0.25, 0.3) is 5.91 Å². The first-order chi connectivity index (χ1) is 20.7. The summed E-state index contributed by atoms with van der Waals surface area (Å²) in [6.07, 6.45) is 6.37. The number of rotatable bonds is 8. The Labute approximate surface area is 249 Å². The van der Waals surface area contributed by atoms with Crippen LogP contribution in [0.25, 0.3) is 16.9 Å². The average Bonchev–Trinajstić information content (AvgIpc) is 3.76. The average molecular weight is 579 g/mol. The number of nitrogens with one attached hydrogen (secondary N) is 1. The molecule has 3 heterocycles. The number of piperidine rings is 1. The molecule has 2 aromatic heterocycles. The number of hydrogen-bond donors (Lipinski definition) is 2. The van der Waals surface area contributed by atoms with Gasteiger partial charge in [-0.1, -0.05) is 18.2 Å².